The summed E-state index contributed by atoms with van der Waals surface area (Å²) in [6, 6.07) is 11.5. The molecule has 0 aliphatic carbocycles. The Morgan fingerprint density at radius 3 is 2.32 bits per heavy atom. The fourth-order valence-corrected chi connectivity index (χ4v) is 2.70. The largest absolute Gasteiger partial charge is 0.494 e. The first kappa shape index (κ1) is 21.4. The topological polar surface area (TPSA) is 61.9 Å². The normalized spacial score (nSPS) is 10.6. The number of hydrogen-bond donors (Lipinski definition) is 1. The summed E-state index contributed by atoms with van der Waals surface area (Å²) in [4.78, 5) is 27.6. The number of carbonyl (C=O) groups excluding carboxylic acids is 2. The maximum Gasteiger partial charge on any atom is 0.253 e. The molecule has 6 nitrogen and oxygen atoms in total. The van der Waals surface area contributed by atoms with Crippen molar-refractivity contribution in [3.8, 4) is 5.75 Å². The third kappa shape index (κ3) is 5.79. The molecule has 2 aromatic carbocycles. The molecule has 0 spiro atoms. The van der Waals surface area contributed by atoms with Gasteiger partial charge >= 0.3 is 0 Å². The van der Waals surface area contributed by atoms with E-state index in [1.807, 2.05) is 11.8 Å². The van der Waals surface area contributed by atoms with Gasteiger partial charge in [0.1, 0.15) is 0 Å². The van der Waals surface area contributed by atoms with Crippen LogP contribution in [-0.2, 0) is 11.3 Å². The van der Waals surface area contributed by atoms with Crippen LogP contribution in [0.2, 0.25) is 0 Å². The van der Waals surface area contributed by atoms with Crippen LogP contribution in [0.5, 0.6) is 5.75 Å². The van der Waals surface area contributed by atoms with Crippen LogP contribution in [-0.4, -0.2) is 55.9 Å². The fourth-order valence-electron chi connectivity index (χ4n) is 2.70. The average molecular weight is 387 g/mol. The number of ether oxygens (including phenoxy) is 1. The number of halogens is 1. The number of anilines is 1. The maximum atomic E-state index is 13.8. The van der Waals surface area contributed by atoms with Gasteiger partial charge in [0.15, 0.2) is 11.6 Å². The van der Waals surface area contributed by atoms with Crippen molar-refractivity contribution in [2.45, 2.75) is 13.5 Å². The minimum absolute atomic E-state index is 0.0956. The third-order valence-corrected chi connectivity index (χ3v) is 4.26. The van der Waals surface area contributed by atoms with Crippen LogP contribution < -0.4 is 10.1 Å². The Bertz CT molecular complexity index is 822. The Balaban J connectivity index is 1.94. The molecule has 28 heavy (non-hydrogen) atoms. The van der Waals surface area contributed by atoms with Crippen LogP contribution >= 0.6 is 0 Å². The first-order valence-electron chi connectivity index (χ1n) is 9.00. The van der Waals surface area contributed by atoms with E-state index in [0.717, 1.165) is 5.56 Å². The van der Waals surface area contributed by atoms with Crippen LogP contribution in [0.15, 0.2) is 42.5 Å². The molecule has 0 aliphatic heterocycles. The van der Waals surface area contributed by atoms with E-state index in [1.165, 1.54) is 18.1 Å². The second kappa shape index (κ2) is 9.85. The van der Waals surface area contributed by atoms with Crippen molar-refractivity contribution in [2.75, 3.05) is 39.6 Å². The summed E-state index contributed by atoms with van der Waals surface area (Å²) in [7, 11) is 4.79. The molecule has 0 heterocycles. The minimum Gasteiger partial charge on any atom is -0.494 e. The van der Waals surface area contributed by atoms with Gasteiger partial charge in [0.2, 0.25) is 5.91 Å². The lowest BCUT2D eigenvalue weighted by Crippen LogP contribution is -2.32. The smallest absolute Gasteiger partial charge is 0.253 e. The molecule has 0 unspecified atom stereocenters. The summed E-state index contributed by atoms with van der Waals surface area (Å²) >= 11 is 0. The van der Waals surface area contributed by atoms with Gasteiger partial charge in [-0.25, -0.2) is 4.39 Å². The van der Waals surface area contributed by atoms with Crippen LogP contribution in [0.25, 0.3) is 0 Å². The highest BCUT2D eigenvalue weighted by molar-refractivity contribution is 5.96. The summed E-state index contributed by atoms with van der Waals surface area (Å²) < 4.78 is 18.8. The van der Waals surface area contributed by atoms with Gasteiger partial charge in [-0.2, -0.15) is 0 Å². The average Bonchev–Trinajstić information content (AvgIpc) is 2.67. The number of hydrogen-bond acceptors (Lipinski definition) is 4. The number of benzene rings is 2. The highest BCUT2D eigenvalue weighted by Crippen LogP contribution is 2.18. The molecule has 1 N–H and O–H groups in total. The number of rotatable bonds is 8. The molecule has 0 saturated carbocycles. The second-order valence-electron chi connectivity index (χ2n) is 6.60. The van der Waals surface area contributed by atoms with Crippen molar-refractivity contribution in [3.05, 3.63) is 59.4 Å². The molecule has 2 rings (SSSR count). The van der Waals surface area contributed by atoms with E-state index < -0.39 is 5.82 Å². The molecule has 150 valence electrons. The molecule has 0 radical (unpaired) electrons. The molecule has 2 amide bonds. The molecule has 0 bridgehead atoms. The predicted octanol–water partition coefficient (Wildman–Crippen LogP) is 3.00. The number of carbonyl (C=O) groups is 2. The van der Waals surface area contributed by atoms with E-state index in [0.29, 0.717) is 24.3 Å². The molecule has 0 aliphatic rings. The van der Waals surface area contributed by atoms with Crippen molar-refractivity contribution >= 4 is 17.5 Å². The van der Waals surface area contributed by atoms with E-state index in [-0.39, 0.29) is 24.1 Å². The second-order valence-corrected chi connectivity index (χ2v) is 6.60. The number of likely N-dealkylation sites (N-methyl/N-ethyl adjacent to an activating group) is 1. The summed E-state index contributed by atoms with van der Waals surface area (Å²) in [5.74, 6) is -0.502. The van der Waals surface area contributed by atoms with Gasteiger partial charge in [-0.15, -0.1) is 0 Å². The Labute approximate surface area is 164 Å². The molecular weight excluding hydrogens is 361 g/mol. The van der Waals surface area contributed by atoms with Crippen molar-refractivity contribution in [3.63, 3.8) is 0 Å². The standard InChI is InChI=1S/C21H26FN3O3/c1-5-25(13-15-6-11-19(28-4)18(22)12-15)14-20(26)23-17-9-7-16(8-10-17)21(27)24(2)3/h6-12H,5,13-14H2,1-4H3,(H,23,26). The van der Waals surface area contributed by atoms with Gasteiger partial charge in [0.05, 0.1) is 13.7 Å². The van der Waals surface area contributed by atoms with Crippen molar-refractivity contribution in [1.82, 2.24) is 9.80 Å². The minimum atomic E-state index is -0.423. The van der Waals surface area contributed by atoms with Gasteiger partial charge in [0, 0.05) is 31.9 Å². The van der Waals surface area contributed by atoms with Crippen LogP contribution in [0.3, 0.4) is 0 Å². The Morgan fingerprint density at radius 2 is 1.79 bits per heavy atom. The first-order valence-corrected chi connectivity index (χ1v) is 9.00. The van der Waals surface area contributed by atoms with E-state index in [4.69, 9.17) is 4.74 Å². The molecule has 7 heteroatoms. The summed E-state index contributed by atoms with van der Waals surface area (Å²) in [5.41, 5.74) is 1.94. The van der Waals surface area contributed by atoms with Crippen molar-refractivity contribution < 1.29 is 18.7 Å². The highest BCUT2D eigenvalue weighted by atomic mass is 19.1. The SMILES string of the molecule is CCN(CC(=O)Nc1ccc(C(=O)N(C)C)cc1)Cc1ccc(OC)c(F)c1. The Morgan fingerprint density at radius 1 is 1.11 bits per heavy atom. The van der Waals surface area contributed by atoms with Gasteiger partial charge < -0.3 is 15.0 Å². The van der Waals surface area contributed by atoms with Crippen LogP contribution in [0.1, 0.15) is 22.8 Å². The number of methoxy groups -OCH3 is 1. The lowest BCUT2D eigenvalue weighted by atomic mass is 10.2. The zero-order chi connectivity index (χ0) is 20.7. The van der Waals surface area contributed by atoms with E-state index in [2.05, 4.69) is 5.32 Å². The van der Waals surface area contributed by atoms with Gasteiger partial charge in [-0.05, 0) is 48.5 Å². The molecule has 0 saturated heterocycles. The maximum absolute atomic E-state index is 13.8. The number of nitrogens with one attached hydrogen (secondary N) is 1. The number of nitrogens with zero attached hydrogens (tertiary/aromatic N) is 2. The zero-order valence-corrected chi connectivity index (χ0v) is 16.7. The van der Waals surface area contributed by atoms with Gasteiger partial charge in [0.25, 0.3) is 5.91 Å². The Hall–Kier alpha value is -2.93. The van der Waals surface area contributed by atoms with Gasteiger partial charge in [-0.1, -0.05) is 13.0 Å². The fraction of sp³-hybridized carbons (Fsp3) is 0.333. The predicted molar refractivity (Wildman–Crippen MR) is 107 cm³/mol. The quantitative estimate of drug-likeness (QED) is 0.756. The molecule has 0 aromatic heterocycles. The Kier molecular flexibility index (Phi) is 7.52. The van der Waals surface area contributed by atoms with Gasteiger partial charge in [-0.3, -0.25) is 14.5 Å². The molecule has 2 aromatic rings. The molecule has 0 atom stereocenters. The lowest BCUT2D eigenvalue weighted by molar-refractivity contribution is -0.117. The third-order valence-electron chi connectivity index (χ3n) is 4.26. The van der Waals surface area contributed by atoms with E-state index in [1.54, 1.807) is 50.5 Å². The number of amides is 2. The van der Waals surface area contributed by atoms with Crippen LogP contribution in [0.4, 0.5) is 10.1 Å². The molecular formula is C21H26FN3O3. The van der Waals surface area contributed by atoms with Crippen molar-refractivity contribution in [1.29, 1.82) is 0 Å². The first-order chi connectivity index (χ1) is 13.3. The monoisotopic (exact) mass is 387 g/mol. The van der Waals surface area contributed by atoms with Crippen molar-refractivity contribution in [2.24, 2.45) is 0 Å². The van der Waals surface area contributed by atoms with E-state index >= 15 is 0 Å². The highest BCUT2D eigenvalue weighted by Gasteiger charge is 2.13. The summed E-state index contributed by atoms with van der Waals surface area (Å²) in [5, 5.41) is 2.82. The van der Waals surface area contributed by atoms with E-state index in [9.17, 15) is 14.0 Å². The molecule has 0 fully saturated rings. The van der Waals surface area contributed by atoms with Crippen LogP contribution in [0, 0.1) is 5.82 Å². The summed E-state index contributed by atoms with van der Waals surface area (Å²) in [6.07, 6.45) is 0. The summed E-state index contributed by atoms with van der Waals surface area (Å²) in [6.45, 7) is 3.19. The lowest BCUT2D eigenvalue weighted by Gasteiger charge is -2.20. The zero-order valence-electron chi connectivity index (χ0n) is 16.7.